The molecule has 0 spiro atoms. The average molecular weight is 482 g/mol. The van der Waals surface area contributed by atoms with Gasteiger partial charge in [0.1, 0.15) is 19.8 Å². The first-order chi connectivity index (χ1) is 15.0. The number of hydrogen-bond acceptors (Lipinski definition) is 8. The van der Waals surface area contributed by atoms with Gasteiger partial charge in [0, 0.05) is 12.8 Å². The van der Waals surface area contributed by atoms with Gasteiger partial charge in [0.2, 0.25) is 0 Å². The molecule has 0 aliphatic carbocycles. The molecular formula is C22H44NO8P. The Bertz CT molecular complexity index is 565. The number of rotatable bonds is 20. The topological polar surface area (TPSA) is 111 Å². The first kappa shape index (κ1) is 31.0. The number of phosphoric acid groups is 1. The molecule has 2 unspecified atom stereocenters. The molecule has 2 atom stereocenters. The Hall–Kier alpha value is -0.990. The van der Waals surface area contributed by atoms with Crippen molar-refractivity contribution in [2.75, 3.05) is 47.5 Å². The molecule has 0 aromatic heterocycles. The van der Waals surface area contributed by atoms with E-state index in [0.717, 1.165) is 44.9 Å². The number of nitrogens with zero attached hydrogens (tertiary/aromatic N) is 1. The smallest absolute Gasteiger partial charge is 0.306 e. The third-order valence-corrected chi connectivity index (χ3v) is 5.59. The maximum Gasteiger partial charge on any atom is 0.306 e. The van der Waals surface area contributed by atoms with Crippen molar-refractivity contribution in [1.82, 2.24) is 0 Å². The second-order valence-electron chi connectivity index (χ2n) is 9.01. The molecular weight excluding hydrogens is 437 g/mol. The van der Waals surface area contributed by atoms with Gasteiger partial charge in [-0.05, 0) is 12.8 Å². The van der Waals surface area contributed by atoms with E-state index in [9.17, 15) is 19.0 Å². The number of carbonyl (C=O) groups is 2. The summed E-state index contributed by atoms with van der Waals surface area (Å²) in [4.78, 5) is 36.0. The monoisotopic (exact) mass is 481 g/mol. The van der Waals surface area contributed by atoms with Gasteiger partial charge in [0.25, 0.3) is 7.82 Å². The van der Waals surface area contributed by atoms with Crippen LogP contribution in [0.15, 0.2) is 0 Å². The van der Waals surface area contributed by atoms with E-state index in [1.165, 1.54) is 0 Å². The summed E-state index contributed by atoms with van der Waals surface area (Å²) in [5.74, 6) is -0.882. The fourth-order valence-corrected chi connectivity index (χ4v) is 3.38. The van der Waals surface area contributed by atoms with E-state index in [1.54, 1.807) is 0 Å². The van der Waals surface area contributed by atoms with Crippen molar-refractivity contribution in [2.24, 2.45) is 0 Å². The molecule has 0 aromatic carbocycles. The van der Waals surface area contributed by atoms with Gasteiger partial charge in [0.15, 0.2) is 6.10 Å². The van der Waals surface area contributed by atoms with Crippen LogP contribution in [0.4, 0.5) is 0 Å². The van der Waals surface area contributed by atoms with Crippen LogP contribution in [0.5, 0.6) is 0 Å². The van der Waals surface area contributed by atoms with E-state index >= 15 is 0 Å². The maximum atomic E-state index is 12.1. The highest BCUT2D eigenvalue weighted by Crippen LogP contribution is 2.38. The summed E-state index contributed by atoms with van der Waals surface area (Å²) in [6.45, 7) is 3.87. The largest absolute Gasteiger partial charge is 0.756 e. The lowest BCUT2D eigenvalue weighted by molar-refractivity contribution is -0.870. The molecule has 10 heteroatoms. The van der Waals surface area contributed by atoms with E-state index in [0.29, 0.717) is 17.4 Å². The van der Waals surface area contributed by atoms with E-state index < -0.39 is 32.5 Å². The summed E-state index contributed by atoms with van der Waals surface area (Å²) in [6.07, 6.45) is 7.00. The Morgan fingerprint density at radius 3 is 2.03 bits per heavy atom. The normalized spacial score (nSPS) is 14.6. The highest BCUT2D eigenvalue weighted by molar-refractivity contribution is 7.45. The van der Waals surface area contributed by atoms with Crippen molar-refractivity contribution in [3.63, 3.8) is 0 Å². The first-order valence-corrected chi connectivity index (χ1v) is 13.2. The van der Waals surface area contributed by atoms with Gasteiger partial charge in [-0.15, -0.1) is 0 Å². The molecule has 0 saturated carbocycles. The van der Waals surface area contributed by atoms with Gasteiger partial charge in [-0.25, -0.2) is 0 Å². The van der Waals surface area contributed by atoms with Gasteiger partial charge in [-0.3, -0.25) is 14.2 Å². The third-order valence-electron chi connectivity index (χ3n) is 4.63. The van der Waals surface area contributed by atoms with Crippen LogP contribution in [-0.4, -0.2) is 70.0 Å². The Morgan fingerprint density at radius 1 is 0.844 bits per heavy atom. The van der Waals surface area contributed by atoms with Crippen LogP contribution in [0, 0.1) is 0 Å². The lowest BCUT2D eigenvalue weighted by Crippen LogP contribution is -2.37. The predicted molar refractivity (Wildman–Crippen MR) is 121 cm³/mol. The van der Waals surface area contributed by atoms with Crippen molar-refractivity contribution < 1.29 is 42.1 Å². The molecule has 0 amide bonds. The summed E-state index contributed by atoms with van der Waals surface area (Å²) in [7, 11) is 1.16. The lowest BCUT2D eigenvalue weighted by atomic mass is 10.1. The van der Waals surface area contributed by atoms with Crippen molar-refractivity contribution >= 4 is 19.8 Å². The van der Waals surface area contributed by atoms with Gasteiger partial charge >= 0.3 is 11.9 Å². The van der Waals surface area contributed by atoms with Crippen LogP contribution in [0.2, 0.25) is 0 Å². The second kappa shape index (κ2) is 17.5. The number of unbranched alkanes of at least 4 members (excludes halogenated alkanes) is 6. The zero-order valence-corrected chi connectivity index (χ0v) is 21.5. The number of quaternary nitrogens is 1. The fraction of sp³-hybridized carbons (Fsp3) is 0.909. The molecule has 0 fully saturated rings. The zero-order valence-electron chi connectivity index (χ0n) is 20.6. The van der Waals surface area contributed by atoms with E-state index in [1.807, 2.05) is 28.1 Å². The van der Waals surface area contributed by atoms with Crippen molar-refractivity contribution in [2.45, 2.75) is 84.2 Å². The molecule has 0 aliphatic heterocycles. The van der Waals surface area contributed by atoms with Gasteiger partial charge < -0.3 is 27.9 Å². The van der Waals surface area contributed by atoms with E-state index in [4.69, 9.17) is 18.5 Å². The minimum absolute atomic E-state index is 0.0290. The minimum atomic E-state index is -4.57. The molecule has 0 radical (unpaired) electrons. The minimum Gasteiger partial charge on any atom is -0.756 e. The van der Waals surface area contributed by atoms with Crippen LogP contribution in [0.3, 0.4) is 0 Å². The number of esters is 2. The van der Waals surface area contributed by atoms with E-state index in [-0.39, 0.29) is 26.1 Å². The second-order valence-corrected chi connectivity index (χ2v) is 10.4. The number of ether oxygens (including phenoxy) is 2. The molecule has 0 aliphatic rings. The summed E-state index contributed by atoms with van der Waals surface area (Å²) in [5, 5.41) is 0. The predicted octanol–water partition coefficient (Wildman–Crippen LogP) is 3.59. The first-order valence-electron chi connectivity index (χ1n) is 11.7. The highest BCUT2D eigenvalue weighted by atomic mass is 31.2. The average Bonchev–Trinajstić information content (AvgIpc) is 2.69. The van der Waals surface area contributed by atoms with Crippen LogP contribution >= 0.6 is 7.82 Å². The Morgan fingerprint density at radius 2 is 1.41 bits per heavy atom. The maximum absolute atomic E-state index is 12.1. The van der Waals surface area contributed by atoms with Gasteiger partial charge in [0.05, 0.1) is 27.7 Å². The molecule has 0 rings (SSSR count). The summed E-state index contributed by atoms with van der Waals surface area (Å²) in [5.41, 5.74) is 0. The number of phosphoric ester groups is 1. The van der Waals surface area contributed by atoms with Crippen LogP contribution in [0.1, 0.15) is 78.1 Å². The summed E-state index contributed by atoms with van der Waals surface area (Å²) >= 11 is 0. The zero-order chi connectivity index (χ0) is 24.5. The van der Waals surface area contributed by atoms with Crippen molar-refractivity contribution in [3.8, 4) is 0 Å². The van der Waals surface area contributed by atoms with E-state index in [2.05, 4.69) is 6.92 Å². The molecule has 0 aromatic rings. The molecule has 0 bridgehead atoms. The van der Waals surface area contributed by atoms with Gasteiger partial charge in [-0.1, -0.05) is 52.4 Å². The van der Waals surface area contributed by atoms with Gasteiger partial charge in [-0.2, -0.15) is 0 Å². The highest BCUT2D eigenvalue weighted by Gasteiger charge is 2.21. The molecule has 0 N–H and O–H groups in total. The summed E-state index contributed by atoms with van der Waals surface area (Å²) in [6, 6.07) is 0. The fourth-order valence-electron chi connectivity index (χ4n) is 2.65. The lowest BCUT2D eigenvalue weighted by Gasteiger charge is -2.28. The number of likely N-dealkylation sites (N-methyl/N-ethyl adjacent to an activating group) is 1. The molecule has 32 heavy (non-hydrogen) atoms. The summed E-state index contributed by atoms with van der Waals surface area (Å²) < 4.78 is 32.8. The van der Waals surface area contributed by atoms with Crippen LogP contribution < -0.4 is 4.89 Å². The number of hydrogen-bond donors (Lipinski definition) is 0. The third kappa shape index (κ3) is 19.7. The van der Waals surface area contributed by atoms with Crippen molar-refractivity contribution in [3.05, 3.63) is 0 Å². The Labute approximate surface area is 193 Å². The molecule has 0 saturated heterocycles. The molecule has 190 valence electrons. The quantitative estimate of drug-likeness (QED) is 0.112. The van der Waals surface area contributed by atoms with Crippen molar-refractivity contribution in [1.29, 1.82) is 0 Å². The number of carbonyl (C=O) groups excluding carboxylic acids is 2. The van der Waals surface area contributed by atoms with Crippen LogP contribution in [0.25, 0.3) is 0 Å². The Balaban J connectivity index is 4.60. The SMILES string of the molecule is CCCCCCCC(=O)OCC(COP(=O)([O-])OCC[N+](C)(C)C)OC(=O)CCCCC. The standard InChI is InChI=1S/C22H44NO8P/c1-6-8-10-11-13-14-21(24)28-18-20(31-22(25)15-12-9-7-2)19-30-32(26,27)29-17-16-23(3,4)5/h20H,6-19H2,1-5H3. The molecule has 0 heterocycles. The Kier molecular flexibility index (Phi) is 16.9. The molecule has 9 nitrogen and oxygen atoms in total. The van der Waals surface area contributed by atoms with Crippen LogP contribution in [-0.2, 0) is 32.7 Å².